The Morgan fingerprint density at radius 1 is 0.964 bits per heavy atom. The lowest BCUT2D eigenvalue weighted by Gasteiger charge is -2.24. The lowest BCUT2D eigenvalue weighted by Crippen LogP contribution is -2.34. The van der Waals surface area contributed by atoms with Crippen molar-refractivity contribution in [3.63, 3.8) is 0 Å². The average Bonchev–Trinajstić information content (AvgIpc) is 2.70. The molecule has 0 heterocycles. The van der Waals surface area contributed by atoms with E-state index in [-0.39, 0.29) is 18.0 Å². The van der Waals surface area contributed by atoms with Gasteiger partial charge in [0.25, 0.3) is 0 Å². The molecular formula is C21H27ClN2O4. The number of hydrogen-bond donors (Lipinski definition) is 1. The molecule has 0 fully saturated rings. The zero-order valence-corrected chi connectivity index (χ0v) is 17.0. The number of carboxylic acid groups (broad SMARTS) is 1. The molecule has 0 aromatic heterocycles. The Labute approximate surface area is 172 Å². The number of halogens is 1. The molecule has 0 aliphatic carbocycles. The molecule has 0 aliphatic rings. The van der Waals surface area contributed by atoms with Crippen LogP contribution < -0.4 is 4.90 Å². The number of hydrogen-bond acceptors (Lipinski definition) is 4. The third-order valence-corrected chi connectivity index (χ3v) is 4.36. The number of benzene rings is 2. The quantitative estimate of drug-likeness (QED) is 0.672. The fraction of sp³-hybridized carbons (Fsp3) is 0.333. The number of likely N-dealkylation sites (N-methyl/N-ethyl adjacent to an activating group) is 1. The molecule has 1 amide bonds. The average molecular weight is 407 g/mol. The third-order valence-electron chi connectivity index (χ3n) is 4.36. The van der Waals surface area contributed by atoms with Gasteiger partial charge in [-0.15, -0.1) is 12.4 Å². The van der Waals surface area contributed by atoms with Crippen LogP contribution in [-0.2, 0) is 11.3 Å². The SMILES string of the molecule is CCN(CC)CCOC(=O)N(Cc1ccccc1)c1ccc(C(=O)O)cc1.Cl. The summed E-state index contributed by atoms with van der Waals surface area (Å²) in [5.41, 5.74) is 1.73. The van der Waals surface area contributed by atoms with E-state index in [9.17, 15) is 9.59 Å². The zero-order valence-electron chi connectivity index (χ0n) is 16.2. The van der Waals surface area contributed by atoms with E-state index < -0.39 is 12.1 Å². The molecule has 2 aromatic carbocycles. The predicted octanol–water partition coefficient (Wildman–Crippen LogP) is 4.29. The molecule has 0 bridgehead atoms. The number of nitrogens with zero attached hydrogens (tertiary/aromatic N) is 2. The van der Waals surface area contributed by atoms with Crippen LogP contribution in [0.1, 0.15) is 29.8 Å². The maximum atomic E-state index is 12.7. The highest BCUT2D eigenvalue weighted by molar-refractivity contribution is 5.90. The third kappa shape index (κ3) is 6.87. The number of carboxylic acids is 1. The van der Waals surface area contributed by atoms with Crippen LogP contribution in [0.25, 0.3) is 0 Å². The second-order valence-corrected chi connectivity index (χ2v) is 6.07. The van der Waals surface area contributed by atoms with Crippen LogP contribution in [0.4, 0.5) is 10.5 Å². The Morgan fingerprint density at radius 3 is 2.11 bits per heavy atom. The molecule has 0 spiro atoms. The van der Waals surface area contributed by atoms with Crippen LogP contribution in [0.2, 0.25) is 0 Å². The minimum atomic E-state index is -1.00. The first kappa shape index (κ1) is 23.5. The Balaban J connectivity index is 0.00000392. The molecule has 0 saturated heterocycles. The van der Waals surface area contributed by atoms with Gasteiger partial charge < -0.3 is 14.7 Å². The molecule has 1 N–H and O–H groups in total. The van der Waals surface area contributed by atoms with Crippen LogP contribution >= 0.6 is 12.4 Å². The van der Waals surface area contributed by atoms with Crippen molar-refractivity contribution in [2.75, 3.05) is 31.1 Å². The Kier molecular flexibility index (Phi) is 10.1. The van der Waals surface area contributed by atoms with Gasteiger partial charge in [0.1, 0.15) is 6.61 Å². The molecule has 0 saturated carbocycles. The molecule has 0 radical (unpaired) electrons. The van der Waals surface area contributed by atoms with E-state index in [1.54, 1.807) is 12.1 Å². The van der Waals surface area contributed by atoms with Crippen molar-refractivity contribution in [2.24, 2.45) is 0 Å². The summed E-state index contributed by atoms with van der Waals surface area (Å²) in [6.45, 7) is 7.26. The number of aromatic carboxylic acids is 1. The van der Waals surface area contributed by atoms with Gasteiger partial charge in [0, 0.05) is 12.2 Å². The molecular weight excluding hydrogens is 380 g/mol. The Bertz CT molecular complexity index is 734. The summed E-state index contributed by atoms with van der Waals surface area (Å²) in [6, 6.07) is 15.8. The van der Waals surface area contributed by atoms with E-state index in [4.69, 9.17) is 9.84 Å². The van der Waals surface area contributed by atoms with Gasteiger partial charge in [-0.1, -0.05) is 44.2 Å². The molecule has 0 unspecified atom stereocenters. The van der Waals surface area contributed by atoms with Gasteiger partial charge in [-0.2, -0.15) is 0 Å². The summed E-state index contributed by atoms with van der Waals surface area (Å²) in [5, 5.41) is 9.06. The number of carbonyl (C=O) groups is 2. The van der Waals surface area contributed by atoms with E-state index in [1.165, 1.54) is 17.0 Å². The molecule has 7 heteroatoms. The van der Waals surface area contributed by atoms with E-state index in [0.29, 0.717) is 25.4 Å². The number of amides is 1. The van der Waals surface area contributed by atoms with Crippen LogP contribution in [-0.4, -0.2) is 48.3 Å². The maximum Gasteiger partial charge on any atom is 0.414 e. The summed E-state index contributed by atoms with van der Waals surface area (Å²) in [6.07, 6.45) is -0.450. The second kappa shape index (κ2) is 12.0. The van der Waals surface area contributed by atoms with E-state index in [1.807, 2.05) is 30.3 Å². The molecule has 152 valence electrons. The summed E-state index contributed by atoms with van der Waals surface area (Å²) >= 11 is 0. The van der Waals surface area contributed by atoms with Crippen molar-refractivity contribution in [1.82, 2.24) is 4.90 Å². The topological polar surface area (TPSA) is 70.1 Å². The Morgan fingerprint density at radius 2 is 1.57 bits per heavy atom. The van der Waals surface area contributed by atoms with Crippen molar-refractivity contribution in [3.05, 3.63) is 65.7 Å². The van der Waals surface area contributed by atoms with Crippen LogP contribution in [0.5, 0.6) is 0 Å². The standard InChI is InChI=1S/C21H26N2O4.ClH/c1-3-22(4-2)14-15-27-21(26)23(16-17-8-6-5-7-9-17)19-12-10-18(11-13-19)20(24)25;/h5-13H,3-4,14-16H2,1-2H3,(H,24,25);1H. The van der Waals surface area contributed by atoms with Crippen molar-refractivity contribution in [1.29, 1.82) is 0 Å². The highest BCUT2D eigenvalue weighted by Gasteiger charge is 2.18. The molecule has 6 nitrogen and oxygen atoms in total. The van der Waals surface area contributed by atoms with E-state index >= 15 is 0 Å². The lowest BCUT2D eigenvalue weighted by molar-refractivity contribution is 0.0697. The molecule has 2 aromatic rings. The monoisotopic (exact) mass is 406 g/mol. The first-order valence-corrected chi connectivity index (χ1v) is 9.09. The van der Waals surface area contributed by atoms with Crippen LogP contribution in [0.3, 0.4) is 0 Å². The summed E-state index contributed by atoms with van der Waals surface area (Å²) in [7, 11) is 0. The van der Waals surface area contributed by atoms with Crippen LogP contribution in [0.15, 0.2) is 54.6 Å². The fourth-order valence-corrected chi connectivity index (χ4v) is 2.69. The van der Waals surface area contributed by atoms with Gasteiger partial charge in [0.2, 0.25) is 0 Å². The molecule has 2 rings (SSSR count). The minimum Gasteiger partial charge on any atom is -0.478 e. The van der Waals surface area contributed by atoms with Crippen molar-refractivity contribution in [3.8, 4) is 0 Å². The van der Waals surface area contributed by atoms with E-state index in [2.05, 4.69) is 18.7 Å². The van der Waals surface area contributed by atoms with Crippen LogP contribution in [0, 0.1) is 0 Å². The Hall–Kier alpha value is -2.57. The highest BCUT2D eigenvalue weighted by atomic mass is 35.5. The summed E-state index contributed by atoms with van der Waals surface area (Å²) < 4.78 is 5.47. The lowest BCUT2D eigenvalue weighted by atomic mass is 10.1. The normalized spacial score (nSPS) is 10.2. The van der Waals surface area contributed by atoms with Crippen molar-refractivity contribution >= 4 is 30.2 Å². The summed E-state index contributed by atoms with van der Waals surface area (Å²) in [4.78, 5) is 27.4. The summed E-state index contributed by atoms with van der Waals surface area (Å²) in [5.74, 6) is -1.00. The number of rotatable bonds is 9. The number of carbonyl (C=O) groups excluding carboxylic acids is 1. The van der Waals surface area contributed by atoms with Gasteiger partial charge in [-0.25, -0.2) is 9.59 Å². The molecule has 0 aliphatic heterocycles. The van der Waals surface area contributed by atoms with Gasteiger partial charge in [0.15, 0.2) is 0 Å². The molecule has 28 heavy (non-hydrogen) atoms. The number of ether oxygens (including phenoxy) is 1. The van der Waals surface area contributed by atoms with Gasteiger partial charge in [0.05, 0.1) is 12.1 Å². The van der Waals surface area contributed by atoms with Gasteiger partial charge >= 0.3 is 12.1 Å². The minimum absolute atomic E-state index is 0. The predicted molar refractivity (Wildman–Crippen MR) is 112 cm³/mol. The van der Waals surface area contributed by atoms with Gasteiger partial charge in [-0.3, -0.25) is 4.90 Å². The highest BCUT2D eigenvalue weighted by Crippen LogP contribution is 2.19. The zero-order chi connectivity index (χ0) is 19.6. The largest absolute Gasteiger partial charge is 0.478 e. The maximum absolute atomic E-state index is 12.7. The van der Waals surface area contributed by atoms with Crippen molar-refractivity contribution < 1.29 is 19.4 Å². The van der Waals surface area contributed by atoms with E-state index in [0.717, 1.165) is 18.7 Å². The second-order valence-electron chi connectivity index (χ2n) is 6.07. The number of anilines is 1. The fourth-order valence-electron chi connectivity index (χ4n) is 2.69. The first-order valence-electron chi connectivity index (χ1n) is 9.09. The van der Waals surface area contributed by atoms with Crippen molar-refractivity contribution in [2.45, 2.75) is 20.4 Å². The molecule has 0 atom stereocenters. The smallest absolute Gasteiger partial charge is 0.414 e. The first-order chi connectivity index (χ1) is 13.0. The van der Waals surface area contributed by atoms with Gasteiger partial charge in [-0.05, 0) is 42.9 Å².